The number of rotatable bonds is 7. The van der Waals surface area contributed by atoms with Gasteiger partial charge < -0.3 is 10.6 Å². The van der Waals surface area contributed by atoms with Crippen LogP contribution in [0.3, 0.4) is 0 Å². The number of hydrogen-bond donors (Lipinski definition) is 2. The first-order valence-corrected chi connectivity index (χ1v) is 6.52. The van der Waals surface area contributed by atoms with Crippen LogP contribution in [0.2, 0.25) is 0 Å². The normalized spacial score (nSPS) is 15.1. The highest BCUT2D eigenvalue weighted by Crippen LogP contribution is 2.27. The van der Waals surface area contributed by atoms with Crippen LogP contribution in [0.5, 0.6) is 0 Å². The fourth-order valence-electron chi connectivity index (χ4n) is 1.74. The summed E-state index contributed by atoms with van der Waals surface area (Å²) in [6.07, 6.45) is 4.50. The van der Waals surface area contributed by atoms with E-state index in [1.165, 1.54) is 12.8 Å². The molecule has 0 aromatic carbocycles. The van der Waals surface area contributed by atoms with Crippen molar-refractivity contribution in [2.24, 2.45) is 5.92 Å². The monoisotopic (exact) mass is 251 g/mol. The van der Waals surface area contributed by atoms with Crippen molar-refractivity contribution in [3.05, 3.63) is 11.9 Å². The molecule has 1 aliphatic rings. The molecule has 1 aliphatic carbocycles. The van der Waals surface area contributed by atoms with E-state index < -0.39 is 0 Å². The van der Waals surface area contributed by atoms with E-state index in [0.29, 0.717) is 0 Å². The molecule has 0 bridgehead atoms. The fourth-order valence-corrected chi connectivity index (χ4v) is 1.74. The number of carbonyl (C=O) groups excluding carboxylic acids is 1. The second-order valence-corrected chi connectivity index (χ2v) is 5.20. The van der Waals surface area contributed by atoms with Crippen LogP contribution in [0.15, 0.2) is 6.20 Å². The molecule has 1 fully saturated rings. The number of amides is 1. The van der Waals surface area contributed by atoms with Crippen molar-refractivity contribution in [3.8, 4) is 0 Å². The number of carbonyl (C=O) groups is 1. The van der Waals surface area contributed by atoms with E-state index in [0.717, 1.165) is 24.7 Å². The summed E-state index contributed by atoms with van der Waals surface area (Å²) in [4.78, 5) is 11.5. The van der Waals surface area contributed by atoms with Gasteiger partial charge in [0, 0.05) is 12.6 Å². The third kappa shape index (κ3) is 4.44. The molecule has 1 heterocycles. The molecule has 0 radical (unpaired) electrons. The highest BCUT2D eigenvalue weighted by Gasteiger charge is 2.20. The van der Waals surface area contributed by atoms with E-state index in [-0.39, 0.29) is 18.5 Å². The van der Waals surface area contributed by atoms with Gasteiger partial charge >= 0.3 is 0 Å². The Kier molecular flexibility index (Phi) is 4.30. The molecule has 0 unspecified atom stereocenters. The van der Waals surface area contributed by atoms with E-state index >= 15 is 0 Å². The summed E-state index contributed by atoms with van der Waals surface area (Å²) in [7, 11) is 0. The summed E-state index contributed by atoms with van der Waals surface area (Å²) in [6, 6.07) is 0.153. The number of hydrogen-bond acceptors (Lipinski definition) is 4. The van der Waals surface area contributed by atoms with Gasteiger partial charge in [0.25, 0.3) is 0 Å². The Hall–Kier alpha value is -1.43. The first-order valence-electron chi connectivity index (χ1n) is 6.52. The minimum absolute atomic E-state index is 0.0348. The van der Waals surface area contributed by atoms with Gasteiger partial charge in [-0.25, -0.2) is 4.68 Å². The van der Waals surface area contributed by atoms with Crippen molar-refractivity contribution < 1.29 is 4.79 Å². The van der Waals surface area contributed by atoms with Crippen molar-refractivity contribution in [1.29, 1.82) is 0 Å². The van der Waals surface area contributed by atoms with Gasteiger partial charge in [-0.05, 0) is 39.2 Å². The molecule has 1 aromatic rings. The molecule has 100 valence electrons. The van der Waals surface area contributed by atoms with Crippen LogP contribution in [0.4, 0.5) is 0 Å². The van der Waals surface area contributed by atoms with Gasteiger partial charge in [0.15, 0.2) is 0 Å². The highest BCUT2D eigenvalue weighted by atomic mass is 16.2. The smallest absolute Gasteiger partial charge is 0.241 e. The summed E-state index contributed by atoms with van der Waals surface area (Å²) < 4.78 is 1.58. The number of nitrogens with one attached hydrogen (secondary N) is 2. The predicted octanol–water partition coefficient (Wildman–Crippen LogP) is 0.302. The summed E-state index contributed by atoms with van der Waals surface area (Å²) in [5, 5.41) is 14.1. The minimum atomic E-state index is -0.0348. The lowest BCUT2D eigenvalue weighted by Crippen LogP contribution is -2.33. The maximum absolute atomic E-state index is 11.5. The van der Waals surface area contributed by atoms with E-state index in [4.69, 9.17) is 0 Å². The third-order valence-corrected chi connectivity index (χ3v) is 2.78. The zero-order valence-electron chi connectivity index (χ0n) is 11.0. The molecule has 0 aliphatic heterocycles. The molecule has 1 aromatic heterocycles. The molecular weight excluding hydrogens is 230 g/mol. The van der Waals surface area contributed by atoms with Gasteiger partial charge in [-0.2, -0.15) is 0 Å². The fraction of sp³-hybridized carbons (Fsp3) is 0.750. The summed E-state index contributed by atoms with van der Waals surface area (Å²) in [6.45, 7) is 5.88. The van der Waals surface area contributed by atoms with E-state index in [2.05, 4.69) is 20.9 Å². The maximum atomic E-state index is 11.5. The Balaban J connectivity index is 1.72. The lowest BCUT2D eigenvalue weighted by molar-refractivity contribution is -0.122. The van der Waals surface area contributed by atoms with Crippen molar-refractivity contribution in [2.45, 2.75) is 45.8 Å². The van der Waals surface area contributed by atoms with Gasteiger partial charge in [-0.1, -0.05) is 5.21 Å². The first-order chi connectivity index (χ1) is 8.63. The summed E-state index contributed by atoms with van der Waals surface area (Å²) in [5.41, 5.74) is 0.882. The van der Waals surface area contributed by atoms with Crippen LogP contribution in [0.1, 0.15) is 32.4 Å². The van der Waals surface area contributed by atoms with Gasteiger partial charge in [0.1, 0.15) is 6.54 Å². The molecule has 0 atom stereocenters. The zero-order valence-corrected chi connectivity index (χ0v) is 11.0. The molecule has 6 nitrogen and oxygen atoms in total. The molecule has 0 spiro atoms. The second kappa shape index (κ2) is 5.95. The Morgan fingerprint density at radius 1 is 1.56 bits per heavy atom. The van der Waals surface area contributed by atoms with Gasteiger partial charge in [-0.15, -0.1) is 5.10 Å². The Morgan fingerprint density at radius 2 is 2.33 bits per heavy atom. The van der Waals surface area contributed by atoms with Gasteiger partial charge in [0.2, 0.25) is 5.91 Å². The van der Waals surface area contributed by atoms with Gasteiger partial charge in [0.05, 0.1) is 11.9 Å². The van der Waals surface area contributed by atoms with Crippen molar-refractivity contribution >= 4 is 5.91 Å². The quantitative estimate of drug-likeness (QED) is 0.731. The number of nitrogens with zero attached hydrogens (tertiary/aromatic N) is 3. The standard InChI is InChI=1S/C12H21N5O/c1-9(2)14-12(18)8-17-7-11(15-16-17)6-13-5-10-3-4-10/h7,9-10,13H,3-6,8H2,1-2H3,(H,14,18). The predicted molar refractivity (Wildman–Crippen MR) is 67.7 cm³/mol. The van der Waals surface area contributed by atoms with Crippen LogP contribution in [0, 0.1) is 5.92 Å². The molecule has 0 saturated heterocycles. The SMILES string of the molecule is CC(C)NC(=O)Cn1cc(CNCC2CC2)nn1. The second-order valence-electron chi connectivity index (χ2n) is 5.20. The molecule has 6 heteroatoms. The average molecular weight is 251 g/mol. The van der Waals surface area contributed by atoms with Gasteiger partial charge in [-0.3, -0.25) is 4.79 Å². The van der Waals surface area contributed by atoms with Crippen LogP contribution >= 0.6 is 0 Å². The van der Waals surface area contributed by atoms with Crippen molar-refractivity contribution in [1.82, 2.24) is 25.6 Å². The Labute approximate surface area is 107 Å². The average Bonchev–Trinajstić information content (AvgIpc) is 2.99. The largest absolute Gasteiger partial charge is 0.352 e. The highest BCUT2D eigenvalue weighted by molar-refractivity contribution is 5.75. The maximum Gasteiger partial charge on any atom is 0.241 e. The van der Waals surface area contributed by atoms with Crippen LogP contribution in [0.25, 0.3) is 0 Å². The van der Waals surface area contributed by atoms with Crippen molar-refractivity contribution in [2.75, 3.05) is 6.54 Å². The summed E-state index contributed by atoms with van der Waals surface area (Å²) in [5.74, 6) is 0.823. The van der Waals surface area contributed by atoms with Crippen LogP contribution < -0.4 is 10.6 Å². The molecule has 18 heavy (non-hydrogen) atoms. The summed E-state index contributed by atoms with van der Waals surface area (Å²) >= 11 is 0. The molecule has 2 rings (SSSR count). The van der Waals surface area contributed by atoms with E-state index in [1.54, 1.807) is 4.68 Å². The third-order valence-electron chi connectivity index (χ3n) is 2.78. The zero-order chi connectivity index (χ0) is 13.0. The van der Waals surface area contributed by atoms with E-state index in [9.17, 15) is 4.79 Å². The Bertz CT molecular complexity index is 397. The first kappa shape index (κ1) is 13.0. The number of aromatic nitrogens is 3. The molecular formula is C12H21N5O. The van der Waals surface area contributed by atoms with E-state index in [1.807, 2.05) is 20.0 Å². The topological polar surface area (TPSA) is 71.8 Å². The molecule has 1 amide bonds. The van der Waals surface area contributed by atoms with Crippen molar-refractivity contribution in [3.63, 3.8) is 0 Å². The van der Waals surface area contributed by atoms with Crippen LogP contribution in [-0.2, 0) is 17.9 Å². The lowest BCUT2D eigenvalue weighted by atomic mass is 10.4. The molecule has 2 N–H and O–H groups in total. The Morgan fingerprint density at radius 3 is 3.00 bits per heavy atom. The van der Waals surface area contributed by atoms with Crippen LogP contribution in [-0.4, -0.2) is 33.5 Å². The molecule has 1 saturated carbocycles. The lowest BCUT2D eigenvalue weighted by Gasteiger charge is -2.07. The minimum Gasteiger partial charge on any atom is -0.352 e.